The molecular weight excluding hydrogens is 174 g/mol. The van der Waals surface area contributed by atoms with Crippen LogP contribution in [0.5, 0.6) is 0 Å². The number of sulfonamides is 1. The van der Waals surface area contributed by atoms with Crippen molar-refractivity contribution in [1.29, 1.82) is 0 Å². The number of nitrogens with zero attached hydrogens (tertiary/aromatic N) is 1. The molecule has 72 valence electrons. The standard InChI is InChI=1S/C8H17NO2S/c1-3-6-12(10,11)9(2)7-8-4-5-8/h8H,3-7H2,1-2H3. The fraction of sp³-hybridized carbons (Fsp3) is 1.00. The van der Waals surface area contributed by atoms with Gasteiger partial charge in [0, 0.05) is 13.6 Å². The summed E-state index contributed by atoms with van der Waals surface area (Å²) in [6.07, 6.45) is 3.11. The molecule has 0 heterocycles. The third-order valence-electron chi connectivity index (χ3n) is 2.15. The second kappa shape index (κ2) is 3.75. The average Bonchev–Trinajstić information content (AvgIpc) is 2.71. The Morgan fingerprint density at radius 2 is 2.00 bits per heavy atom. The third kappa shape index (κ3) is 2.75. The molecule has 1 aliphatic carbocycles. The highest BCUT2D eigenvalue weighted by Gasteiger charge is 2.27. The molecule has 3 nitrogen and oxygen atoms in total. The average molecular weight is 191 g/mol. The highest BCUT2D eigenvalue weighted by atomic mass is 32.2. The van der Waals surface area contributed by atoms with E-state index in [0.29, 0.717) is 12.3 Å². The molecule has 0 aromatic carbocycles. The van der Waals surface area contributed by atoms with E-state index in [4.69, 9.17) is 0 Å². The van der Waals surface area contributed by atoms with E-state index in [1.807, 2.05) is 6.92 Å². The molecular formula is C8H17NO2S. The molecule has 0 aliphatic heterocycles. The highest BCUT2D eigenvalue weighted by molar-refractivity contribution is 7.89. The quantitative estimate of drug-likeness (QED) is 0.652. The van der Waals surface area contributed by atoms with Gasteiger partial charge in [0.1, 0.15) is 0 Å². The molecule has 0 aromatic heterocycles. The van der Waals surface area contributed by atoms with Crippen LogP contribution in [0.2, 0.25) is 0 Å². The molecule has 0 radical (unpaired) electrons. The summed E-state index contributed by atoms with van der Waals surface area (Å²) in [5.74, 6) is 0.928. The summed E-state index contributed by atoms with van der Waals surface area (Å²) < 4.78 is 24.3. The van der Waals surface area contributed by atoms with Gasteiger partial charge in [-0.05, 0) is 25.2 Å². The number of rotatable bonds is 5. The normalized spacial score (nSPS) is 18.6. The molecule has 1 aliphatic rings. The summed E-state index contributed by atoms with van der Waals surface area (Å²) in [5.41, 5.74) is 0. The number of hydrogen-bond donors (Lipinski definition) is 0. The maximum atomic E-state index is 11.4. The Labute approximate surface area is 74.8 Å². The fourth-order valence-electron chi connectivity index (χ4n) is 1.19. The Hall–Kier alpha value is -0.0900. The van der Waals surface area contributed by atoms with Crippen LogP contribution < -0.4 is 0 Å². The van der Waals surface area contributed by atoms with Gasteiger partial charge in [0.2, 0.25) is 10.0 Å². The van der Waals surface area contributed by atoms with Crippen LogP contribution >= 0.6 is 0 Å². The van der Waals surface area contributed by atoms with Crippen molar-refractivity contribution < 1.29 is 8.42 Å². The van der Waals surface area contributed by atoms with Gasteiger partial charge in [-0.2, -0.15) is 0 Å². The second-order valence-electron chi connectivity index (χ2n) is 3.54. The van der Waals surface area contributed by atoms with Gasteiger partial charge >= 0.3 is 0 Å². The predicted molar refractivity (Wildman–Crippen MR) is 49.4 cm³/mol. The van der Waals surface area contributed by atoms with Gasteiger partial charge in [-0.15, -0.1) is 0 Å². The molecule has 0 N–H and O–H groups in total. The van der Waals surface area contributed by atoms with Crippen LogP contribution in [-0.4, -0.2) is 32.1 Å². The minimum Gasteiger partial charge on any atom is -0.212 e. The lowest BCUT2D eigenvalue weighted by Gasteiger charge is -2.15. The monoisotopic (exact) mass is 191 g/mol. The summed E-state index contributed by atoms with van der Waals surface area (Å²) in [6.45, 7) is 2.62. The van der Waals surface area contributed by atoms with Crippen molar-refractivity contribution in [2.75, 3.05) is 19.3 Å². The van der Waals surface area contributed by atoms with Crippen LogP contribution in [-0.2, 0) is 10.0 Å². The zero-order valence-electron chi connectivity index (χ0n) is 7.78. The molecule has 0 spiro atoms. The maximum absolute atomic E-state index is 11.4. The van der Waals surface area contributed by atoms with Crippen LogP contribution in [0.25, 0.3) is 0 Å². The fourth-order valence-corrected chi connectivity index (χ4v) is 2.46. The first-order valence-corrected chi connectivity index (χ1v) is 6.11. The minimum absolute atomic E-state index is 0.288. The van der Waals surface area contributed by atoms with Crippen LogP contribution in [0.1, 0.15) is 26.2 Å². The Morgan fingerprint density at radius 1 is 1.42 bits per heavy atom. The maximum Gasteiger partial charge on any atom is 0.213 e. The van der Waals surface area contributed by atoms with E-state index >= 15 is 0 Å². The van der Waals surface area contributed by atoms with Gasteiger partial charge in [-0.3, -0.25) is 0 Å². The lowest BCUT2D eigenvalue weighted by molar-refractivity contribution is 0.452. The van der Waals surface area contributed by atoms with Crippen LogP contribution in [0, 0.1) is 5.92 Å². The van der Waals surface area contributed by atoms with E-state index < -0.39 is 10.0 Å². The van der Waals surface area contributed by atoms with Crippen molar-refractivity contribution in [3.05, 3.63) is 0 Å². The largest absolute Gasteiger partial charge is 0.213 e. The van der Waals surface area contributed by atoms with Crippen molar-refractivity contribution >= 4 is 10.0 Å². The molecule has 0 bridgehead atoms. The summed E-state index contributed by atoms with van der Waals surface area (Å²) in [7, 11) is -1.25. The summed E-state index contributed by atoms with van der Waals surface area (Å²) in [6, 6.07) is 0. The van der Waals surface area contributed by atoms with Gasteiger partial charge in [-0.1, -0.05) is 6.92 Å². The molecule has 4 heteroatoms. The molecule has 0 amide bonds. The molecule has 0 atom stereocenters. The molecule has 0 unspecified atom stereocenters. The first-order chi connectivity index (χ1) is 5.56. The zero-order chi connectivity index (χ0) is 9.19. The molecule has 1 saturated carbocycles. The summed E-state index contributed by atoms with van der Waals surface area (Å²) in [5, 5.41) is 0. The lowest BCUT2D eigenvalue weighted by Crippen LogP contribution is -2.30. The van der Waals surface area contributed by atoms with E-state index in [1.165, 1.54) is 17.1 Å². The second-order valence-corrected chi connectivity index (χ2v) is 5.74. The van der Waals surface area contributed by atoms with Crippen molar-refractivity contribution in [2.24, 2.45) is 5.92 Å². The third-order valence-corrected chi connectivity index (χ3v) is 4.17. The van der Waals surface area contributed by atoms with Gasteiger partial charge < -0.3 is 0 Å². The minimum atomic E-state index is -2.93. The molecule has 12 heavy (non-hydrogen) atoms. The van der Waals surface area contributed by atoms with E-state index in [2.05, 4.69) is 0 Å². The van der Waals surface area contributed by atoms with E-state index in [1.54, 1.807) is 7.05 Å². The molecule has 0 saturated heterocycles. The summed E-state index contributed by atoms with van der Waals surface area (Å²) >= 11 is 0. The van der Waals surface area contributed by atoms with Gasteiger partial charge in [0.25, 0.3) is 0 Å². The Balaban J connectivity index is 2.42. The predicted octanol–water partition coefficient (Wildman–Crippen LogP) is 1.07. The van der Waals surface area contributed by atoms with Crippen molar-refractivity contribution in [3.8, 4) is 0 Å². The van der Waals surface area contributed by atoms with E-state index in [0.717, 1.165) is 6.54 Å². The van der Waals surface area contributed by atoms with Crippen molar-refractivity contribution in [1.82, 2.24) is 4.31 Å². The van der Waals surface area contributed by atoms with Crippen LogP contribution in [0.4, 0.5) is 0 Å². The van der Waals surface area contributed by atoms with E-state index in [-0.39, 0.29) is 5.75 Å². The van der Waals surface area contributed by atoms with Gasteiger partial charge in [0.15, 0.2) is 0 Å². The van der Waals surface area contributed by atoms with Crippen molar-refractivity contribution in [2.45, 2.75) is 26.2 Å². The molecule has 1 rings (SSSR count). The Bertz CT molecular complexity index is 231. The first kappa shape index (κ1) is 9.99. The van der Waals surface area contributed by atoms with Crippen LogP contribution in [0.3, 0.4) is 0 Å². The molecule has 1 fully saturated rings. The zero-order valence-corrected chi connectivity index (χ0v) is 8.60. The smallest absolute Gasteiger partial charge is 0.212 e. The SMILES string of the molecule is CCCS(=O)(=O)N(C)CC1CC1. The Kier molecular flexibility index (Phi) is 3.12. The van der Waals surface area contributed by atoms with Crippen LogP contribution in [0.15, 0.2) is 0 Å². The van der Waals surface area contributed by atoms with Crippen molar-refractivity contribution in [3.63, 3.8) is 0 Å². The summed E-state index contributed by atoms with van der Waals surface area (Å²) in [4.78, 5) is 0. The van der Waals surface area contributed by atoms with E-state index in [9.17, 15) is 8.42 Å². The Morgan fingerprint density at radius 3 is 2.42 bits per heavy atom. The van der Waals surface area contributed by atoms with Gasteiger partial charge in [0.05, 0.1) is 5.75 Å². The topological polar surface area (TPSA) is 37.4 Å². The van der Waals surface area contributed by atoms with Gasteiger partial charge in [-0.25, -0.2) is 12.7 Å². The number of hydrogen-bond acceptors (Lipinski definition) is 2. The first-order valence-electron chi connectivity index (χ1n) is 4.50. The molecule has 0 aromatic rings. The highest BCUT2D eigenvalue weighted by Crippen LogP contribution is 2.29. The lowest BCUT2D eigenvalue weighted by atomic mass is 10.4.